The summed E-state index contributed by atoms with van der Waals surface area (Å²) in [5.74, 6) is 0. The summed E-state index contributed by atoms with van der Waals surface area (Å²) in [7, 11) is 0. The number of rotatable bonds is 7. The zero-order chi connectivity index (χ0) is 9.23. The molecular formula is C11H18O. The molecule has 0 saturated heterocycles. The molecule has 0 aromatic heterocycles. The third-order valence-electron chi connectivity index (χ3n) is 1.76. The van der Waals surface area contributed by atoms with Crippen LogP contribution in [-0.4, -0.2) is 6.29 Å². The minimum atomic E-state index is 0.657. The summed E-state index contributed by atoms with van der Waals surface area (Å²) in [4.78, 5) is 10.0. The Balaban J connectivity index is 3.39. The molecule has 0 aromatic rings. The van der Waals surface area contributed by atoms with Gasteiger partial charge in [0.15, 0.2) is 0 Å². The van der Waals surface area contributed by atoms with Gasteiger partial charge in [-0.2, -0.15) is 0 Å². The van der Waals surface area contributed by atoms with Crippen molar-refractivity contribution in [2.75, 3.05) is 0 Å². The van der Waals surface area contributed by atoms with E-state index in [2.05, 4.69) is 19.6 Å². The Morgan fingerprint density at radius 2 is 2.08 bits per heavy atom. The summed E-state index contributed by atoms with van der Waals surface area (Å²) in [5.41, 5.74) is 1.33. The highest BCUT2D eigenvalue weighted by molar-refractivity contribution is 5.49. The lowest BCUT2D eigenvalue weighted by Crippen LogP contribution is -1.79. The molecular weight excluding hydrogens is 148 g/mol. The van der Waals surface area contributed by atoms with Gasteiger partial charge in [-0.05, 0) is 32.6 Å². The molecule has 0 aliphatic rings. The molecule has 12 heavy (non-hydrogen) atoms. The van der Waals surface area contributed by atoms with Gasteiger partial charge in [0.05, 0.1) is 0 Å². The number of allylic oxidation sites excluding steroid dienone is 3. The van der Waals surface area contributed by atoms with Gasteiger partial charge in [-0.1, -0.05) is 17.7 Å². The van der Waals surface area contributed by atoms with Crippen molar-refractivity contribution in [3.05, 3.63) is 24.3 Å². The highest BCUT2D eigenvalue weighted by atomic mass is 16.1. The molecule has 0 N–H and O–H groups in total. The van der Waals surface area contributed by atoms with Gasteiger partial charge in [0, 0.05) is 6.42 Å². The van der Waals surface area contributed by atoms with E-state index in [1.54, 1.807) is 0 Å². The number of carbonyl (C=O) groups is 1. The van der Waals surface area contributed by atoms with E-state index in [9.17, 15) is 4.79 Å². The Labute approximate surface area is 75.2 Å². The second kappa shape index (κ2) is 8.25. The topological polar surface area (TPSA) is 17.1 Å². The van der Waals surface area contributed by atoms with E-state index in [-0.39, 0.29) is 0 Å². The fourth-order valence-corrected chi connectivity index (χ4v) is 0.999. The van der Waals surface area contributed by atoms with E-state index >= 15 is 0 Å². The lowest BCUT2D eigenvalue weighted by Gasteiger charge is -1.96. The van der Waals surface area contributed by atoms with Crippen LogP contribution in [0.1, 0.15) is 39.0 Å². The molecule has 0 aliphatic carbocycles. The number of hydrogen-bond donors (Lipinski definition) is 0. The molecule has 1 nitrogen and oxygen atoms in total. The van der Waals surface area contributed by atoms with Crippen LogP contribution < -0.4 is 0 Å². The molecule has 68 valence electrons. The molecule has 1 heteroatoms. The monoisotopic (exact) mass is 166 g/mol. The van der Waals surface area contributed by atoms with Crippen molar-refractivity contribution in [2.24, 2.45) is 0 Å². The molecule has 0 aliphatic heterocycles. The maximum absolute atomic E-state index is 10.0. The maximum atomic E-state index is 10.0. The lowest BCUT2D eigenvalue weighted by molar-refractivity contribution is -0.107. The van der Waals surface area contributed by atoms with E-state index in [1.165, 1.54) is 12.0 Å². The average molecular weight is 166 g/mol. The van der Waals surface area contributed by atoms with Crippen molar-refractivity contribution in [1.29, 1.82) is 0 Å². The molecule has 0 aromatic carbocycles. The van der Waals surface area contributed by atoms with Gasteiger partial charge in [0.2, 0.25) is 0 Å². The minimum Gasteiger partial charge on any atom is -0.303 e. The van der Waals surface area contributed by atoms with Gasteiger partial charge in [-0.15, -0.1) is 6.58 Å². The van der Waals surface area contributed by atoms with E-state index < -0.39 is 0 Å². The smallest absolute Gasteiger partial charge is 0.120 e. The van der Waals surface area contributed by atoms with Gasteiger partial charge < -0.3 is 4.79 Å². The second-order valence-corrected chi connectivity index (χ2v) is 2.98. The first-order chi connectivity index (χ1) is 5.81. The Kier molecular flexibility index (Phi) is 7.66. The highest BCUT2D eigenvalue weighted by Crippen LogP contribution is 2.06. The van der Waals surface area contributed by atoms with Crippen LogP contribution in [0.25, 0.3) is 0 Å². The highest BCUT2D eigenvalue weighted by Gasteiger charge is 1.88. The maximum Gasteiger partial charge on any atom is 0.120 e. The first-order valence-corrected chi connectivity index (χ1v) is 4.51. The van der Waals surface area contributed by atoms with Crippen molar-refractivity contribution in [3.8, 4) is 0 Å². The molecule has 0 bridgehead atoms. The summed E-state index contributed by atoms with van der Waals surface area (Å²) in [6.45, 7) is 5.74. The third kappa shape index (κ3) is 7.26. The van der Waals surface area contributed by atoms with Gasteiger partial charge in [-0.3, -0.25) is 0 Å². The van der Waals surface area contributed by atoms with Crippen LogP contribution in [0.2, 0.25) is 0 Å². The van der Waals surface area contributed by atoms with Crippen molar-refractivity contribution < 1.29 is 4.79 Å². The van der Waals surface area contributed by atoms with E-state index in [1.807, 2.05) is 6.08 Å². The molecule has 0 radical (unpaired) electrons. The predicted molar refractivity (Wildman–Crippen MR) is 53.1 cm³/mol. The molecule has 0 fully saturated rings. The Morgan fingerprint density at radius 3 is 2.67 bits per heavy atom. The molecule has 0 heterocycles. The van der Waals surface area contributed by atoms with E-state index in [0.717, 1.165) is 25.5 Å². The first kappa shape index (κ1) is 11.2. The van der Waals surface area contributed by atoms with Crippen LogP contribution in [0.3, 0.4) is 0 Å². The molecule has 0 saturated carbocycles. The van der Waals surface area contributed by atoms with Crippen molar-refractivity contribution in [1.82, 2.24) is 0 Å². The van der Waals surface area contributed by atoms with E-state index in [0.29, 0.717) is 6.42 Å². The van der Waals surface area contributed by atoms with Crippen molar-refractivity contribution in [2.45, 2.75) is 39.0 Å². The summed E-state index contributed by atoms with van der Waals surface area (Å²) < 4.78 is 0. The zero-order valence-corrected chi connectivity index (χ0v) is 7.88. The fourth-order valence-electron chi connectivity index (χ4n) is 0.999. The van der Waals surface area contributed by atoms with Crippen LogP contribution in [-0.2, 0) is 4.79 Å². The summed E-state index contributed by atoms with van der Waals surface area (Å²) in [6, 6.07) is 0. The Bertz CT molecular complexity index is 156. The predicted octanol–water partition coefficient (Wildman–Crippen LogP) is 3.27. The van der Waals surface area contributed by atoms with Gasteiger partial charge in [0.25, 0.3) is 0 Å². The SMILES string of the molecule is C=CCCC/C=C(/C)CCC=O. The number of aldehydes is 1. The molecule has 0 unspecified atom stereocenters. The van der Waals surface area contributed by atoms with Crippen LogP contribution in [0, 0.1) is 0 Å². The summed E-state index contributed by atoms with van der Waals surface area (Å²) in [6.07, 6.45) is 10.1. The van der Waals surface area contributed by atoms with E-state index in [4.69, 9.17) is 0 Å². The quantitative estimate of drug-likeness (QED) is 0.322. The molecule has 0 spiro atoms. The number of hydrogen-bond acceptors (Lipinski definition) is 1. The van der Waals surface area contributed by atoms with Crippen molar-refractivity contribution in [3.63, 3.8) is 0 Å². The minimum absolute atomic E-state index is 0.657. The number of unbranched alkanes of at least 4 members (excludes halogenated alkanes) is 2. The molecule has 0 atom stereocenters. The van der Waals surface area contributed by atoms with Crippen molar-refractivity contribution >= 4 is 6.29 Å². The summed E-state index contributed by atoms with van der Waals surface area (Å²) >= 11 is 0. The second-order valence-electron chi connectivity index (χ2n) is 2.98. The van der Waals surface area contributed by atoms with Crippen LogP contribution >= 0.6 is 0 Å². The molecule has 0 amide bonds. The largest absolute Gasteiger partial charge is 0.303 e. The first-order valence-electron chi connectivity index (χ1n) is 4.51. The van der Waals surface area contributed by atoms with Gasteiger partial charge in [-0.25, -0.2) is 0 Å². The van der Waals surface area contributed by atoms with Crippen LogP contribution in [0.4, 0.5) is 0 Å². The van der Waals surface area contributed by atoms with Gasteiger partial charge in [0.1, 0.15) is 6.29 Å². The Morgan fingerprint density at radius 1 is 1.33 bits per heavy atom. The fraction of sp³-hybridized carbons (Fsp3) is 0.545. The van der Waals surface area contributed by atoms with Gasteiger partial charge >= 0.3 is 0 Å². The Hall–Kier alpha value is -0.850. The number of carbonyl (C=O) groups excluding carboxylic acids is 1. The molecule has 0 rings (SSSR count). The van der Waals surface area contributed by atoms with Crippen LogP contribution in [0.5, 0.6) is 0 Å². The average Bonchev–Trinajstić information content (AvgIpc) is 2.09. The lowest BCUT2D eigenvalue weighted by atomic mass is 10.1. The summed E-state index contributed by atoms with van der Waals surface area (Å²) in [5, 5.41) is 0. The normalized spacial score (nSPS) is 11.2. The standard InChI is InChI=1S/C11H18O/c1-3-4-5-6-8-11(2)9-7-10-12/h3,8,10H,1,4-7,9H2,2H3/b11-8-. The zero-order valence-electron chi connectivity index (χ0n) is 7.88. The van der Waals surface area contributed by atoms with Crippen LogP contribution in [0.15, 0.2) is 24.3 Å². The third-order valence-corrected chi connectivity index (χ3v) is 1.76.